The van der Waals surface area contributed by atoms with E-state index in [9.17, 15) is 4.79 Å². The standard InChI is InChI=1S/C23H30N6O2/c1-28-22(30)19(20(24)26-16-6-3-2-4-7-16)21(25-14-15-10-12-31-13-11-15)29-18-9-5-8-17(18)27-23(28)29/h2-4,6-7,15,17-18,25H,5,8-14H2,1H3,(H2,24,26)/t17-,18+/m1/s1. The van der Waals surface area contributed by atoms with Crippen LogP contribution in [-0.2, 0) is 9.53 Å². The molecule has 1 aromatic carbocycles. The van der Waals surface area contributed by atoms with Crippen molar-refractivity contribution in [1.82, 2.24) is 15.1 Å². The first-order valence-corrected chi connectivity index (χ1v) is 11.3. The molecule has 0 bridgehead atoms. The molecule has 0 unspecified atom stereocenters. The van der Waals surface area contributed by atoms with E-state index in [0.29, 0.717) is 17.5 Å². The Hall–Kier alpha value is -2.87. The molecule has 2 fully saturated rings. The second-order valence-electron chi connectivity index (χ2n) is 8.76. The first kappa shape index (κ1) is 20.1. The lowest BCUT2D eigenvalue weighted by Crippen LogP contribution is -2.56. The molecular weight excluding hydrogens is 392 g/mol. The summed E-state index contributed by atoms with van der Waals surface area (Å²) >= 11 is 0. The van der Waals surface area contributed by atoms with Gasteiger partial charge in [0.05, 0.1) is 12.1 Å². The average molecular weight is 423 g/mol. The lowest BCUT2D eigenvalue weighted by molar-refractivity contribution is -0.123. The number of amides is 1. The zero-order chi connectivity index (χ0) is 21.4. The normalized spacial score (nSPS) is 26.0. The molecule has 3 heterocycles. The first-order valence-electron chi connectivity index (χ1n) is 11.3. The predicted molar refractivity (Wildman–Crippen MR) is 120 cm³/mol. The average Bonchev–Trinajstić information content (AvgIpc) is 3.38. The molecule has 1 aliphatic carbocycles. The lowest BCUT2D eigenvalue weighted by Gasteiger charge is -2.39. The summed E-state index contributed by atoms with van der Waals surface area (Å²) in [5.41, 5.74) is 1.17. The fourth-order valence-electron chi connectivity index (χ4n) is 5.04. The molecule has 0 aromatic heterocycles. The predicted octanol–water partition coefficient (Wildman–Crippen LogP) is 2.37. The van der Waals surface area contributed by atoms with Gasteiger partial charge >= 0.3 is 0 Å². The quantitative estimate of drug-likeness (QED) is 0.500. The van der Waals surface area contributed by atoms with Gasteiger partial charge in [0, 0.05) is 32.5 Å². The number of para-hydroxylation sites is 1. The Kier molecular flexibility index (Phi) is 5.40. The van der Waals surface area contributed by atoms with E-state index in [1.807, 2.05) is 30.3 Å². The summed E-state index contributed by atoms with van der Waals surface area (Å²) < 4.78 is 5.50. The minimum absolute atomic E-state index is 0.109. The van der Waals surface area contributed by atoms with Crippen LogP contribution in [0.2, 0.25) is 0 Å². The molecular formula is C23H30N6O2. The molecule has 1 aromatic rings. The third kappa shape index (κ3) is 3.69. The minimum atomic E-state index is -0.196. The molecule has 1 saturated carbocycles. The molecule has 1 amide bonds. The zero-order valence-electron chi connectivity index (χ0n) is 17.9. The van der Waals surface area contributed by atoms with Gasteiger partial charge in [0.2, 0.25) is 5.96 Å². The number of benzene rings is 1. The van der Waals surface area contributed by atoms with Crippen molar-refractivity contribution in [3.63, 3.8) is 0 Å². The number of aliphatic imine (C=N–C) groups is 1. The van der Waals surface area contributed by atoms with Crippen LogP contribution in [0.4, 0.5) is 5.69 Å². The molecule has 2 atom stereocenters. The van der Waals surface area contributed by atoms with Crippen LogP contribution in [0.3, 0.4) is 0 Å². The van der Waals surface area contributed by atoms with Gasteiger partial charge in [-0.2, -0.15) is 0 Å². The van der Waals surface area contributed by atoms with Crippen LogP contribution in [-0.4, -0.2) is 66.4 Å². The molecule has 164 valence electrons. The Morgan fingerprint density at radius 1 is 1.19 bits per heavy atom. The van der Waals surface area contributed by atoms with Gasteiger partial charge < -0.3 is 15.4 Å². The van der Waals surface area contributed by atoms with Crippen LogP contribution < -0.4 is 10.6 Å². The lowest BCUT2D eigenvalue weighted by atomic mass is 10.00. The maximum Gasteiger partial charge on any atom is 0.267 e. The number of anilines is 1. The number of carbonyl (C=O) groups excluding carboxylic acids is 1. The molecule has 31 heavy (non-hydrogen) atoms. The van der Waals surface area contributed by atoms with Crippen molar-refractivity contribution >= 4 is 23.4 Å². The Bertz CT molecular complexity index is 921. The summed E-state index contributed by atoms with van der Waals surface area (Å²) in [6.45, 7) is 2.33. The van der Waals surface area contributed by atoms with E-state index in [2.05, 4.69) is 15.5 Å². The van der Waals surface area contributed by atoms with Crippen LogP contribution in [0.5, 0.6) is 0 Å². The van der Waals surface area contributed by atoms with Gasteiger partial charge in [0.25, 0.3) is 5.91 Å². The highest BCUT2D eigenvalue weighted by molar-refractivity contribution is 6.28. The molecule has 3 aliphatic heterocycles. The summed E-state index contributed by atoms with van der Waals surface area (Å²) in [6.07, 6.45) is 5.26. The number of guanidine groups is 1. The summed E-state index contributed by atoms with van der Waals surface area (Å²) in [5, 5.41) is 15.5. The Morgan fingerprint density at radius 2 is 1.97 bits per heavy atom. The maximum atomic E-state index is 13.4. The van der Waals surface area contributed by atoms with Gasteiger partial charge in [0.15, 0.2) is 0 Å². The zero-order valence-corrected chi connectivity index (χ0v) is 17.9. The van der Waals surface area contributed by atoms with Crippen LogP contribution >= 0.6 is 0 Å². The maximum absolute atomic E-state index is 13.4. The van der Waals surface area contributed by atoms with E-state index in [1.54, 1.807) is 11.9 Å². The molecule has 8 nitrogen and oxygen atoms in total. The third-order valence-electron chi connectivity index (χ3n) is 6.76. The highest BCUT2D eigenvalue weighted by atomic mass is 16.5. The number of nitrogens with zero attached hydrogens (tertiary/aromatic N) is 3. The summed E-state index contributed by atoms with van der Waals surface area (Å²) in [7, 11) is 1.76. The highest BCUT2D eigenvalue weighted by Gasteiger charge is 2.48. The van der Waals surface area contributed by atoms with E-state index < -0.39 is 0 Å². The highest BCUT2D eigenvalue weighted by Crippen LogP contribution is 2.38. The van der Waals surface area contributed by atoms with Gasteiger partial charge in [-0.05, 0) is 50.2 Å². The van der Waals surface area contributed by atoms with Gasteiger partial charge in [-0.1, -0.05) is 18.2 Å². The number of ether oxygens (including phenoxy) is 1. The van der Waals surface area contributed by atoms with Crippen molar-refractivity contribution < 1.29 is 9.53 Å². The van der Waals surface area contributed by atoms with Crippen LogP contribution in [0, 0.1) is 11.3 Å². The Labute approximate surface area is 182 Å². The third-order valence-corrected chi connectivity index (χ3v) is 6.76. The second kappa shape index (κ2) is 8.34. The number of likely N-dealkylation sites (N-methyl/N-ethyl adjacent to an activating group) is 1. The molecule has 4 aliphatic rings. The van der Waals surface area contributed by atoms with E-state index >= 15 is 0 Å². The van der Waals surface area contributed by atoms with Crippen LogP contribution in [0.15, 0.2) is 46.7 Å². The van der Waals surface area contributed by atoms with Crippen LogP contribution in [0.25, 0.3) is 0 Å². The van der Waals surface area contributed by atoms with Crippen molar-refractivity contribution in [2.45, 2.75) is 44.2 Å². The SMILES string of the molecule is CN1C(=O)C(C(=N)Nc2ccccc2)=C(NCC2CCOCC2)N2C1=N[C@@H]1CCC[C@@H]12. The Balaban J connectivity index is 1.49. The first-order chi connectivity index (χ1) is 15.1. The van der Waals surface area contributed by atoms with Gasteiger partial charge in [0.1, 0.15) is 17.2 Å². The van der Waals surface area contributed by atoms with Gasteiger partial charge in [-0.25, -0.2) is 4.99 Å². The minimum Gasteiger partial charge on any atom is -0.381 e. The van der Waals surface area contributed by atoms with E-state index in [4.69, 9.17) is 15.1 Å². The van der Waals surface area contributed by atoms with Crippen LogP contribution in [0.1, 0.15) is 32.1 Å². The fraction of sp³-hybridized carbons (Fsp3) is 0.522. The summed E-state index contributed by atoms with van der Waals surface area (Å²) in [5.74, 6) is 1.86. The fourth-order valence-corrected chi connectivity index (χ4v) is 5.04. The number of carbonyl (C=O) groups is 1. The number of hydrogen-bond acceptors (Lipinski definition) is 6. The van der Waals surface area contributed by atoms with E-state index in [0.717, 1.165) is 63.4 Å². The number of amidine groups is 1. The molecule has 3 N–H and O–H groups in total. The number of fused-ring (bicyclic) bond motifs is 3. The van der Waals surface area contributed by atoms with Gasteiger partial charge in [-0.15, -0.1) is 0 Å². The molecule has 0 radical (unpaired) electrons. The second-order valence-corrected chi connectivity index (χ2v) is 8.76. The van der Waals surface area contributed by atoms with Crippen molar-refractivity contribution in [2.24, 2.45) is 10.9 Å². The van der Waals surface area contributed by atoms with E-state index in [1.165, 1.54) is 0 Å². The smallest absolute Gasteiger partial charge is 0.267 e. The van der Waals surface area contributed by atoms with Crippen molar-refractivity contribution in [3.05, 3.63) is 41.7 Å². The summed E-state index contributed by atoms with van der Waals surface area (Å²) in [4.78, 5) is 22.1. The largest absolute Gasteiger partial charge is 0.381 e. The number of nitrogens with one attached hydrogen (secondary N) is 3. The van der Waals surface area contributed by atoms with E-state index in [-0.39, 0.29) is 23.8 Å². The number of rotatable bonds is 5. The summed E-state index contributed by atoms with van der Waals surface area (Å²) in [6, 6.07) is 10.0. The monoisotopic (exact) mass is 422 g/mol. The van der Waals surface area contributed by atoms with Crippen molar-refractivity contribution in [1.29, 1.82) is 5.41 Å². The molecule has 8 heteroatoms. The number of hydrogen-bond donors (Lipinski definition) is 3. The van der Waals surface area contributed by atoms with Crippen molar-refractivity contribution in [3.8, 4) is 0 Å². The van der Waals surface area contributed by atoms with Crippen molar-refractivity contribution in [2.75, 3.05) is 32.1 Å². The molecule has 5 rings (SSSR count). The molecule has 1 saturated heterocycles. The molecule has 0 spiro atoms. The topological polar surface area (TPSA) is 93.0 Å². The Morgan fingerprint density at radius 3 is 2.74 bits per heavy atom. The van der Waals surface area contributed by atoms with Gasteiger partial charge in [-0.3, -0.25) is 20.0 Å².